The molecule has 1 aliphatic heterocycles. The summed E-state index contributed by atoms with van der Waals surface area (Å²) in [5.74, 6) is 1.51. The molecule has 0 amide bonds. The fourth-order valence-electron chi connectivity index (χ4n) is 2.96. The van der Waals surface area contributed by atoms with E-state index < -0.39 is 0 Å². The lowest BCUT2D eigenvalue weighted by molar-refractivity contribution is 0.310. The van der Waals surface area contributed by atoms with Gasteiger partial charge in [-0.2, -0.15) is 0 Å². The van der Waals surface area contributed by atoms with Crippen LogP contribution in [0.3, 0.4) is 0 Å². The van der Waals surface area contributed by atoms with Crippen LogP contribution in [0.2, 0.25) is 0 Å². The Kier molecular flexibility index (Phi) is 3.26. The summed E-state index contributed by atoms with van der Waals surface area (Å²) in [5.41, 5.74) is 3.47. The third kappa shape index (κ3) is 2.20. The molecule has 1 aliphatic rings. The van der Waals surface area contributed by atoms with Crippen molar-refractivity contribution in [2.24, 2.45) is 0 Å². The molecule has 0 aromatic heterocycles. The molecule has 0 spiro atoms. The minimum atomic E-state index is 0.224. The second kappa shape index (κ2) is 5.08. The van der Waals surface area contributed by atoms with Crippen LogP contribution >= 0.6 is 0 Å². The fraction of sp³-hybridized carbons (Fsp3) is 0.294. The Morgan fingerprint density at radius 3 is 2.50 bits per heavy atom. The Bertz CT molecular complexity index is 581. The van der Waals surface area contributed by atoms with Gasteiger partial charge in [-0.25, -0.2) is 0 Å². The molecule has 104 valence electrons. The summed E-state index contributed by atoms with van der Waals surface area (Å²) in [6, 6.07) is 10.9. The molecule has 0 aliphatic carbocycles. The maximum absolute atomic E-state index is 9.67. The number of phenols is 2. The predicted octanol–water partition coefficient (Wildman–Crippen LogP) is 3.57. The molecule has 1 unspecified atom stereocenters. The van der Waals surface area contributed by atoms with Gasteiger partial charge in [0.15, 0.2) is 0 Å². The van der Waals surface area contributed by atoms with E-state index in [0.717, 1.165) is 29.7 Å². The van der Waals surface area contributed by atoms with Gasteiger partial charge in [0.25, 0.3) is 0 Å². The van der Waals surface area contributed by atoms with Gasteiger partial charge in [0.2, 0.25) is 0 Å². The van der Waals surface area contributed by atoms with Crippen LogP contribution in [0.5, 0.6) is 17.2 Å². The van der Waals surface area contributed by atoms with E-state index in [0.29, 0.717) is 12.4 Å². The van der Waals surface area contributed by atoms with Crippen LogP contribution in [-0.4, -0.2) is 16.8 Å². The lowest BCUT2D eigenvalue weighted by Gasteiger charge is -2.25. The van der Waals surface area contributed by atoms with Gasteiger partial charge in [0, 0.05) is 24.0 Å². The Morgan fingerprint density at radius 2 is 1.75 bits per heavy atom. The molecule has 0 bridgehead atoms. The summed E-state index contributed by atoms with van der Waals surface area (Å²) < 4.78 is 5.80. The number of hydrogen-bond donors (Lipinski definition) is 2. The Morgan fingerprint density at radius 1 is 1.05 bits per heavy atom. The van der Waals surface area contributed by atoms with E-state index in [1.54, 1.807) is 18.2 Å². The molecule has 3 rings (SSSR count). The van der Waals surface area contributed by atoms with Crippen LogP contribution in [0.4, 0.5) is 0 Å². The van der Waals surface area contributed by atoms with Crippen molar-refractivity contribution < 1.29 is 14.9 Å². The highest BCUT2D eigenvalue weighted by molar-refractivity contribution is 5.49. The van der Waals surface area contributed by atoms with Crippen LogP contribution in [0.25, 0.3) is 0 Å². The highest BCUT2D eigenvalue weighted by Gasteiger charge is 2.22. The summed E-state index contributed by atoms with van der Waals surface area (Å²) in [6.45, 7) is 2.68. The summed E-state index contributed by atoms with van der Waals surface area (Å²) in [5, 5.41) is 19.3. The van der Waals surface area contributed by atoms with Crippen LogP contribution in [0, 0.1) is 0 Å². The zero-order valence-corrected chi connectivity index (χ0v) is 11.5. The quantitative estimate of drug-likeness (QED) is 0.832. The topological polar surface area (TPSA) is 49.7 Å². The molecule has 20 heavy (non-hydrogen) atoms. The number of phenolic OH excluding ortho intramolecular Hbond substituents is 2. The van der Waals surface area contributed by atoms with E-state index in [1.807, 2.05) is 18.2 Å². The van der Waals surface area contributed by atoms with Crippen molar-refractivity contribution in [2.45, 2.75) is 25.7 Å². The van der Waals surface area contributed by atoms with E-state index in [-0.39, 0.29) is 11.7 Å². The zero-order chi connectivity index (χ0) is 14.1. The van der Waals surface area contributed by atoms with Gasteiger partial charge in [-0.05, 0) is 35.7 Å². The highest BCUT2D eigenvalue weighted by atomic mass is 16.5. The van der Waals surface area contributed by atoms with Gasteiger partial charge < -0.3 is 14.9 Å². The van der Waals surface area contributed by atoms with Crippen molar-refractivity contribution in [3.05, 3.63) is 53.1 Å². The smallest absolute Gasteiger partial charge is 0.126 e. The number of rotatable bonds is 1. The van der Waals surface area contributed by atoms with Gasteiger partial charge in [0.05, 0.1) is 6.61 Å². The summed E-state index contributed by atoms with van der Waals surface area (Å²) in [4.78, 5) is 0. The average Bonchev–Trinajstić information content (AvgIpc) is 2.41. The minimum Gasteiger partial charge on any atom is -0.508 e. The second-order valence-electron chi connectivity index (χ2n) is 5.16. The maximum atomic E-state index is 9.67. The number of aromatic hydroxyl groups is 2. The van der Waals surface area contributed by atoms with Crippen molar-refractivity contribution in [3.63, 3.8) is 0 Å². The molecule has 2 aromatic carbocycles. The molecular formula is C17H18O3. The summed E-state index contributed by atoms with van der Waals surface area (Å²) in [7, 11) is 0. The van der Waals surface area contributed by atoms with Crippen LogP contribution in [0.1, 0.15) is 36.0 Å². The number of fused-ring (bicyclic) bond motifs is 2. The van der Waals surface area contributed by atoms with Crippen molar-refractivity contribution in [2.75, 3.05) is 6.61 Å². The second-order valence-corrected chi connectivity index (χ2v) is 5.16. The van der Waals surface area contributed by atoms with E-state index in [9.17, 15) is 10.2 Å². The highest BCUT2D eigenvalue weighted by Crippen LogP contribution is 2.39. The molecular weight excluding hydrogens is 252 g/mol. The first-order valence-electron chi connectivity index (χ1n) is 6.96. The lowest BCUT2D eigenvalue weighted by atomic mass is 9.84. The van der Waals surface area contributed by atoms with E-state index in [4.69, 9.17) is 4.74 Å². The third-order valence-corrected chi connectivity index (χ3v) is 3.91. The molecule has 2 N–H and O–H groups in total. The normalized spacial score (nSPS) is 17.4. The van der Waals surface area contributed by atoms with Crippen LogP contribution < -0.4 is 4.74 Å². The zero-order valence-electron chi connectivity index (χ0n) is 11.5. The first-order valence-corrected chi connectivity index (χ1v) is 6.96. The standard InChI is InChI=1S/C17H18O3/c1-2-14-15-5-3-12(18)9-11(15)7-8-20-17-10-13(19)4-6-16(14)17/h3-6,9-10,14,18-19H,2,7-8H2,1H3. The van der Waals surface area contributed by atoms with Crippen LogP contribution in [-0.2, 0) is 6.42 Å². The third-order valence-electron chi connectivity index (χ3n) is 3.91. The van der Waals surface area contributed by atoms with Crippen molar-refractivity contribution in [1.29, 1.82) is 0 Å². The molecule has 1 atom stereocenters. The molecule has 0 fully saturated rings. The van der Waals surface area contributed by atoms with Crippen molar-refractivity contribution in [1.82, 2.24) is 0 Å². The fourth-order valence-corrected chi connectivity index (χ4v) is 2.96. The summed E-state index contributed by atoms with van der Waals surface area (Å²) in [6.07, 6.45) is 1.70. The predicted molar refractivity (Wildman–Crippen MR) is 77.5 cm³/mol. The summed E-state index contributed by atoms with van der Waals surface area (Å²) >= 11 is 0. The van der Waals surface area contributed by atoms with Gasteiger partial charge in [-0.15, -0.1) is 0 Å². The van der Waals surface area contributed by atoms with Gasteiger partial charge in [-0.1, -0.05) is 19.1 Å². The first kappa shape index (κ1) is 12.9. The SMILES string of the molecule is CCC1c2ccc(O)cc2CCOc2cc(O)ccc21. The van der Waals surface area contributed by atoms with Gasteiger partial charge in [-0.3, -0.25) is 0 Å². The van der Waals surface area contributed by atoms with Crippen molar-refractivity contribution >= 4 is 0 Å². The number of benzene rings is 2. The Balaban J connectivity index is 2.16. The first-order chi connectivity index (χ1) is 9.69. The molecule has 0 saturated heterocycles. The molecule has 1 heterocycles. The maximum Gasteiger partial charge on any atom is 0.126 e. The van der Waals surface area contributed by atoms with E-state index in [2.05, 4.69) is 6.92 Å². The number of hydrogen-bond acceptors (Lipinski definition) is 3. The molecule has 3 nitrogen and oxygen atoms in total. The number of ether oxygens (including phenoxy) is 1. The Hall–Kier alpha value is -2.16. The Labute approximate surface area is 118 Å². The molecule has 0 saturated carbocycles. The van der Waals surface area contributed by atoms with E-state index >= 15 is 0 Å². The average molecular weight is 270 g/mol. The van der Waals surface area contributed by atoms with Gasteiger partial charge in [0.1, 0.15) is 17.2 Å². The molecule has 0 radical (unpaired) electrons. The van der Waals surface area contributed by atoms with Crippen molar-refractivity contribution in [3.8, 4) is 17.2 Å². The lowest BCUT2D eigenvalue weighted by Crippen LogP contribution is -2.13. The monoisotopic (exact) mass is 270 g/mol. The molecule has 2 aromatic rings. The molecule has 3 heteroatoms. The minimum absolute atomic E-state index is 0.224. The van der Waals surface area contributed by atoms with Gasteiger partial charge >= 0.3 is 0 Å². The largest absolute Gasteiger partial charge is 0.508 e. The van der Waals surface area contributed by atoms with E-state index in [1.165, 1.54) is 5.56 Å². The van der Waals surface area contributed by atoms with Crippen LogP contribution in [0.15, 0.2) is 36.4 Å².